The van der Waals surface area contributed by atoms with Gasteiger partial charge in [0.1, 0.15) is 5.75 Å². The zero-order valence-electron chi connectivity index (χ0n) is 10.6. The number of nitrogens with one attached hydrogen (secondary N) is 2. The molecular formula is C14H20N2O2. The third kappa shape index (κ3) is 4.04. The Balaban J connectivity index is 1.75. The minimum Gasteiger partial charge on any atom is -0.508 e. The third-order valence-corrected chi connectivity index (χ3v) is 3.16. The molecule has 1 aliphatic rings. The van der Waals surface area contributed by atoms with E-state index in [1.807, 2.05) is 13.0 Å². The zero-order chi connectivity index (χ0) is 13.0. The molecule has 18 heavy (non-hydrogen) atoms. The maximum Gasteiger partial charge on any atom is 0.234 e. The first-order chi connectivity index (χ1) is 8.65. The Labute approximate surface area is 107 Å². The van der Waals surface area contributed by atoms with Gasteiger partial charge in [-0.15, -0.1) is 0 Å². The molecule has 0 spiro atoms. The molecule has 1 atom stereocenters. The minimum absolute atomic E-state index is 0.00788. The third-order valence-electron chi connectivity index (χ3n) is 3.16. The fourth-order valence-electron chi connectivity index (χ4n) is 1.88. The summed E-state index contributed by atoms with van der Waals surface area (Å²) in [5.41, 5.74) is 0.908. The van der Waals surface area contributed by atoms with E-state index < -0.39 is 0 Å². The van der Waals surface area contributed by atoms with Gasteiger partial charge in [-0.25, -0.2) is 0 Å². The van der Waals surface area contributed by atoms with Gasteiger partial charge in [-0.2, -0.15) is 0 Å². The second-order valence-electron chi connectivity index (χ2n) is 4.96. The van der Waals surface area contributed by atoms with Crippen molar-refractivity contribution in [1.29, 1.82) is 0 Å². The summed E-state index contributed by atoms with van der Waals surface area (Å²) in [5.74, 6) is 0.994. The number of aromatic hydroxyl groups is 1. The van der Waals surface area contributed by atoms with Crippen LogP contribution in [0.1, 0.15) is 31.4 Å². The van der Waals surface area contributed by atoms with Crippen molar-refractivity contribution in [2.24, 2.45) is 5.92 Å². The summed E-state index contributed by atoms with van der Waals surface area (Å²) in [7, 11) is 0. The number of carbonyl (C=O) groups is 1. The SMILES string of the molecule is CC(NC(=O)CNCC1CC1)c1cccc(O)c1. The highest BCUT2D eigenvalue weighted by molar-refractivity contribution is 5.78. The lowest BCUT2D eigenvalue weighted by Crippen LogP contribution is -2.36. The van der Waals surface area contributed by atoms with E-state index in [4.69, 9.17) is 0 Å². The van der Waals surface area contributed by atoms with Crippen LogP contribution in [0.3, 0.4) is 0 Å². The van der Waals surface area contributed by atoms with Crippen molar-refractivity contribution < 1.29 is 9.90 Å². The van der Waals surface area contributed by atoms with Crippen LogP contribution in [0.15, 0.2) is 24.3 Å². The molecule has 3 N–H and O–H groups in total. The van der Waals surface area contributed by atoms with Crippen LogP contribution in [-0.2, 0) is 4.79 Å². The molecule has 0 saturated heterocycles. The molecule has 2 rings (SSSR count). The second-order valence-corrected chi connectivity index (χ2v) is 4.96. The summed E-state index contributed by atoms with van der Waals surface area (Å²) in [6.45, 7) is 3.21. The van der Waals surface area contributed by atoms with Crippen LogP contribution < -0.4 is 10.6 Å². The Morgan fingerprint density at radius 1 is 1.50 bits per heavy atom. The zero-order valence-corrected chi connectivity index (χ0v) is 10.6. The maximum atomic E-state index is 11.7. The number of rotatable bonds is 6. The molecule has 0 aliphatic heterocycles. The van der Waals surface area contributed by atoms with Crippen LogP contribution in [0.5, 0.6) is 5.75 Å². The van der Waals surface area contributed by atoms with Crippen LogP contribution in [-0.4, -0.2) is 24.1 Å². The molecule has 1 aliphatic carbocycles. The van der Waals surface area contributed by atoms with Crippen LogP contribution in [0, 0.1) is 5.92 Å². The van der Waals surface area contributed by atoms with Crippen molar-refractivity contribution in [1.82, 2.24) is 10.6 Å². The molecule has 0 heterocycles. The predicted octanol–water partition coefficient (Wildman–Crippen LogP) is 1.57. The fourth-order valence-corrected chi connectivity index (χ4v) is 1.88. The van der Waals surface area contributed by atoms with Gasteiger partial charge in [0.25, 0.3) is 0 Å². The molecule has 1 aromatic carbocycles. The number of hydrogen-bond acceptors (Lipinski definition) is 3. The summed E-state index contributed by atoms with van der Waals surface area (Å²) in [6.07, 6.45) is 2.57. The first-order valence-corrected chi connectivity index (χ1v) is 6.44. The lowest BCUT2D eigenvalue weighted by molar-refractivity contribution is -0.120. The fraction of sp³-hybridized carbons (Fsp3) is 0.500. The standard InChI is InChI=1S/C14H20N2O2/c1-10(12-3-2-4-13(17)7-12)16-14(18)9-15-8-11-5-6-11/h2-4,7,10-11,15,17H,5-6,8-9H2,1H3,(H,16,18). The molecular weight excluding hydrogens is 228 g/mol. The molecule has 1 aromatic rings. The summed E-state index contributed by atoms with van der Waals surface area (Å²) in [6, 6.07) is 6.87. The first-order valence-electron chi connectivity index (χ1n) is 6.44. The monoisotopic (exact) mass is 248 g/mol. The highest BCUT2D eigenvalue weighted by Gasteiger charge is 2.20. The van der Waals surface area contributed by atoms with Crippen molar-refractivity contribution >= 4 is 5.91 Å². The van der Waals surface area contributed by atoms with Crippen molar-refractivity contribution in [2.75, 3.05) is 13.1 Å². The van der Waals surface area contributed by atoms with E-state index >= 15 is 0 Å². The van der Waals surface area contributed by atoms with Gasteiger partial charge in [-0.1, -0.05) is 12.1 Å². The molecule has 0 bridgehead atoms. The van der Waals surface area contributed by atoms with Gasteiger partial charge in [0.15, 0.2) is 0 Å². The normalized spacial score (nSPS) is 16.3. The minimum atomic E-state index is -0.0904. The van der Waals surface area contributed by atoms with E-state index in [0.717, 1.165) is 18.0 Å². The van der Waals surface area contributed by atoms with Crippen LogP contribution in [0.2, 0.25) is 0 Å². The number of phenols is 1. The summed E-state index contributed by atoms with van der Waals surface area (Å²) in [5, 5.41) is 15.4. The molecule has 0 aromatic heterocycles. The quantitative estimate of drug-likeness (QED) is 0.716. The Morgan fingerprint density at radius 2 is 2.28 bits per heavy atom. The van der Waals surface area contributed by atoms with Gasteiger partial charge in [0, 0.05) is 0 Å². The van der Waals surface area contributed by atoms with Crippen molar-refractivity contribution in [2.45, 2.75) is 25.8 Å². The van der Waals surface area contributed by atoms with Gasteiger partial charge >= 0.3 is 0 Å². The van der Waals surface area contributed by atoms with Gasteiger partial charge in [0.2, 0.25) is 5.91 Å². The Hall–Kier alpha value is -1.55. The highest BCUT2D eigenvalue weighted by Crippen LogP contribution is 2.27. The molecule has 1 amide bonds. The van der Waals surface area contributed by atoms with Crippen LogP contribution in [0.25, 0.3) is 0 Å². The predicted molar refractivity (Wildman–Crippen MR) is 70.3 cm³/mol. The van der Waals surface area contributed by atoms with E-state index in [2.05, 4.69) is 10.6 Å². The molecule has 1 fully saturated rings. The molecule has 4 nitrogen and oxygen atoms in total. The second kappa shape index (κ2) is 5.87. The van der Waals surface area contributed by atoms with Crippen molar-refractivity contribution in [3.63, 3.8) is 0 Å². The molecule has 1 unspecified atom stereocenters. The smallest absolute Gasteiger partial charge is 0.234 e. The summed E-state index contributed by atoms with van der Waals surface area (Å²) < 4.78 is 0. The number of benzene rings is 1. The van der Waals surface area contributed by atoms with E-state index in [-0.39, 0.29) is 17.7 Å². The molecule has 0 radical (unpaired) electrons. The number of phenolic OH excluding ortho intramolecular Hbond substituents is 1. The lowest BCUT2D eigenvalue weighted by atomic mass is 10.1. The van der Waals surface area contributed by atoms with Crippen molar-refractivity contribution in [3.05, 3.63) is 29.8 Å². The van der Waals surface area contributed by atoms with E-state index in [0.29, 0.717) is 6.54 Å². The van der Waals surface area contributed by atoms with E-state index in [1.165, 1.54) is 12.8 Å². The topological polar surface area (TPSA) is 61.4 Å². The molecule has 98 valence electrons. The van der Waals surface area contributed by atoms with Crippen LogP contribution >= 0.6 is 0 Å². The van der Waals surface area contributed by atoms with Gasteiger partial charge < -0.3 is 15.7 Å². The number of amides is 1. The van der Waals surface area contributed by atoms with Gasteiger partial charge in [-0.3, -0.25) is 4.79 Å². The highest BCUT2D eigenvalue weighted by atomic mass is 16.3. The van der Waals surface area contributed by atoms with E-state index in [9.17, 15) is 9.90 Å². The summed E-state index contributed by atoms with van der Waals surface area (Å²) in [4.78, 5) is 11.7. The Bertz CT molecular complexity index is 416. The Kier molecular flexibility index (Phi) is 4.20. The van der Waals surface area contributed by atoms with Gasteiger partial charge in [0.05, 0.1) is 12.6 Å². The molecule has 1 saturated carbocycles. The number of carbonyl (C=O) groups excluding carboxylic acids is 1. The van der Waals surface area contributed by atoms with Gasteiger partial charge in [-0.05, 0) is 49.9 Å². The average Bonchev–Trinajstić information content (AvgIpc) is 3.13. The van der Waals surface area contributed by atoms with E-state index in [1.54, 1.807) is 18.2 Å². The van der Waals surface area contributed by atoms with Crippen LogP contribution in [0.4, 0.5) is 0 Å². The number of hydrogen-bond donors (Lipinski definition) is 3. The molecule has 4 heteroatoms. The largest absolute Gasteiger partial charge is 0.508 e. The first kappa shape index (κ1) is 12.9. The summed E-state index contributed by atoms with van der Waals surface area (Å²) >= 11 is 0. The Morgan fingerprint density at radius 3 is 2.94 bits per heavy atom. The van der Waals surface area contributed by atoms with Crippen molar-refractivity contribution in [3.8, 4) is 5.75 Å². The average molecular weight is 248 g/mol. The lowest BCUT2D eigenvalue weighted by Gasteiger charge is -2.14. The maximum absolute atomic E-state index is 11.7.